The summed E-state index contributed by atoms with van der Waals surface area (Å²) in [7, 11) is 0. The lowest BCUT2D eigenvalue weighted by Gasteiger charge is -2.46. The van der Waals surface area contributed by atoms with Crippen molar-refractivity contribution < 1.29 is 137 Å². The van der Waals surface area contributed by atoms with Gasteiger partial charge in [0.15, 0.2) is 0 Å². The highest BCUT2D eigenvalue weighted by atomic mass is 32.2. The van der Waals surface area contributed by atoms with Crippen molar-refractivity contribution in [2.24, 2.45) is 0 Å². The molecule has 15 atom stereocenters. The fraction of sp³-hybridized carbons (Fsp3) is 0.697. The van der Waals surface area contributed by atoms with Gasteiger partial charge in [0.05, 0.1) is 190 Å². The van der Waals surface area contributed by atoms with Crippen LogP contribution in [0.4, 0.5) is 10.5 Å². The van der Waals surface area contributed by atoms with Crippen molar-refractivity contribution in [2.75, 3.05) is 128 Å². The maximum Gasteiger partial charge on any atom is 0.346 e. The molecule has 9 amide bonds. The van der Waals surface area contributed by atoms with Crippen LogP contribution in [0.5, 0.6) is 0 Å². The number of carboxylic acids is 2. The molecule has 0 radical (unpaired) electrons. The normalized spacial score (nSPS) is 23.8. The van der Waals surface area contributed by atoms with Gasteiger partial charge in [-0.1, -0.05) is 16.8 Å². The summed E-state index contributed by atoms with van der Waals surface area (Å²) in [6, 6.07) is 1.51. The van der Waals surface area contributed by atoms with Crippen LogP contribution in [-0.4, -0.2) is 351 Å². The Morgan fingerprint density at radius 3 is 1.53 bits per heavy atom. The Morgan fingerprint density at radius 1 is 0.616 bits per heavy atom. The van der Waals surface area contributed by atoms with E-state index in [2.05, 4.69) is 68.5 Å². The SMILES string of the molecule is CC(=O)N[C@H]1[C@H]([C@H](O)[C@H](O)CO)O[C@@](SCC(=O)NCCOCCOCCOCCn2cc(CNC(=O)c3ccc(C(=O)NCc4cn(CCOCCOCCOCCNC(=O)CS[C@]5(C(=O)O)C[C@H](O)[C@@H](NC(C)=O)C([C@H](O)[C@H](O)CO)O5)nn4)c(NC(=O)CCCCC4SCC5NC(=O)NC54)c3)nn2)(C(=O)O)C[C@@H]1O. The van der Waals surface area contributed by atoms with Crippen molar-refractivity contribution in [3.63, 3.8) is 0 Å². The van der Waals surface area contributed by atoms with E-state index in [1.807, 2.05) is 0 Å². The third kappa shape index (κ3) is 28.7. The molecule has 19 N–H and O–H groups in total. The number of aliphatic hydroxyl groups excluding tert-OH is 8. The molecule has 46 heteroatoms. The van der Waals surface area contributed by atoms with Crippen LogP contribution in [0.2, 0.25) is 0 Å². The number of nitrogens with zero attached hydrogens (tertiary/aromatic N) is 6. The molecule has 112 heavy (non-hydrogen) atoms. The van der Waals surface area contributed by atoms with E-state index in [0.717, 1.165) is 26.0 Å². The van der Waals surface area contributed by atoms with Gasteiger partial charge in [0.2, 0.25) is 39.4 Å². The van der Waals surface area contributed by atoms with E-state index in [-0.39, 0.29) is 158 Å². The van der Waals surface area contributed by atoms with E-state index < -0.39 is 156 Å². The Morgan fingerprint density at radius 2 is 1.07 bits per heavy atom. The standard InChI is InChI=1S/C66H101N15O28S3/c1-37(84)71-54-45(86)26-65(62(97)98,108-58(54)56(93)47(88)32-82)111-35-51(91)67-9-13-102-17-21-106-23-19-104-15-11-80-30-40(76-78-80)28-69-60(95)39-7-8-42(43(25-39)73-50(90)6-4-3-5-49-53-44(34-110-49)74-64(101)75-53)61(96)70-29-41-31-81(79-77-41)12-16-105-20-24-107-22-18-103-14-10-68-52(92)36-112-66(63(99)100)27-46(87)55(72-38(2)85)59(109-66)57(94)48(89)33-83/h7-8,25,30-31,44-49,53-59,82-83,86-89,93-94H,3-6,9-24,26-29,32-36H2,1-2H3,(H,67,91)(H,68,92)(H,69,95)(H,70,96)(H,71,84)(H,72,85)(H,73,90)(H,97,98)(H,99,100)(H2,74,75,101)/t44?,45-,46-,47+,48+,49?,53?,54+,55+,56+,57+,58+,59?,65-,66-/m0/s1. The van der Waals surface area contributed by atoms with Crippen molar-refractivity contribution in [3.8, 4) is 0 Å². The van der Waals surface area contributed by atoms with Crippen LogP contribution in [0.3, 0.4) is 0 Å². The largest absolute Gasteiger partial charge is 0.478 e. The highest BCUT2D eigenvalue weighted by Gasteiger charge is 2.57. The number of thioether (sulfide) groups is 3. The Balaban J connectivity index is 0.757. The van der Waals surface area contributed by atoms with E-state index in [0.29, 0.717) is 60.8 Å². The average Bonchev–Trinajstić information content (AvgIpc) is 0.908. The van der Waals surface area contributed by atoms with Gasteiger partial charge in [-0.3, -0.25) is 33.6 Å². The molecule has 4 aliphatic rings. The summed E-state index contributed by atoms with van der Waals surface area (Å²) in [4.78, 5) is 122. The number of carboxylic acid groups (broad SMARTS) is 2. The number of aliphatic carboxylic acids is 2. The van der Waals surface area contributed by atoms with Crippen LogP contribution in [0.25, 0.3) is 0 Å². The summed E-state index contributed by atoms with van der Waals surface area (Å²) in [5.41, 5.74) is 1.14. The van der Waals surface area contributed by atoms with Gasteiger partial charge >= 0.3 is 18.0 Å². The van der Waals surface area contributed by atoms with Crippen LogP contribution < -0.4 is 47.9 Å². The minimum absolute atomic E-state index is 0.0214. The van der Waals surface area contributed by atoms with Crippen molar-refractivity contribution in [2.45, 2.75) is 167 Å². The van der Waals surface area contributed by atoms with Gasteiger partial charge in [0.1, 0.15) is 48.0 Å². The molecule has 0 bridgehead atoms. The van der Waals surface area contributed by atoms with E-state index in [1.165, 1.54) is 27.6 Å². The molecule has 4 saturated heterocycles. The predicted molar refractivity (Wildman–Crippen MR) is 392 cm³/mol. The van der Waals surface area contributed by atoms with Crippen LogP contribution in [0, 0.1) is 0 Å². The Hall–Kier alpha value is -7.59. The minimum atomic E-state index is -2.26. The molecule has 7 rings (SSSR count). The van der Waals surface area contributed by atoms with Crippen molar-refractivity contribution in [3.05, 3.63) is 53.1 Å². The number of carbonyl (C=O) groups excluding carboxylic acids is 8. The number of hydrogen-bond donors (Lipinski definition) is 19. The number of fused-ring (bicyclic) bond motifs is 1. The smallest absolute Gasteiger partial charge is 0.346 e. The number of unbranched alkanes of at least 4 members (excludes halogenated alkanes) is 1. The zero-order chi connectivity index (χ0) is 81.3. The molecule has 4 unspecified atom stereocenters. The van der Waals surface area contributed by atoms with Gasteiger partial charge in [-0.15, -0.1) is 33.7 Å². The number of rotatable bonds is 52. The molecule has 4 fully saturated rings. The van der Waals surface area contributed by atoms with Crippen LogP contribution >= 0.6 is 35.3 Å². The molecule has 43 nitrogen and oxygen atoms in total. The zero-order valence-electron chi connectivity index (χ0n) is 61.6. The monoisotopic (exact) mass is 1650 g/mol. The molecule has 6 heterocycles. The van der Waals surface area contributed by atoms with Gasteiger partial charge in [-0.25, -0.2) is 23.7 Å². The summed E-state index contributed by atoms with van der Waals surface area (Å²) in [5.74, 6) is -7.23. The van der Waals surface area contributed by atoms with Crippen molar-refractivity contribution >= 4 is 100 Å². The Bertz CT molecular complexity index is 3560. The molecular weight excluding hydrogens is 1550 g/mol. The number of nitrogens with one attached hydrogen (secondary N) is 9. The second kappa shape index (κ2) is 46.7. The molecular formula is C66H101N15O28S3. The summed E-state index contributed by atoms with van der Waals surface area (Å²) in [6.45, 7) is 3.31. The van der Waals surface area contributed by atoms with Crippen LogP contribution in [0.1, 0.15) is 84.5 Å². The Labute approximate surface area is 654 Å². The van der Waals surface area contributed by atoms with E-state index >= 15 is 0 Å². The van der Waals surface area contributed by atoms with Crippen LogP contribution in [-0.2, 0) is 97.6 Å². The molecule has 3 aromatic rings. The van der Waals surface area contributed by atoms with Gasteiger partial charge in [0, 0.05) is 62.8 Å². The summed E-state index contributed by atoms with van der Waals surface area (Å²) >= 11 is 2.81. The molecule has 1 aromatic carbocycles. The first-order valence-electron chi connectivity index (χ1n) is 36.1. The number of anilines is 1. The average molecular weight is 1650 g/mol. The highest BCUT2D eigenvalue weighted by Crippen LogP contribution is 2.42. The van der Waals surface area contributed by atoms with Gasteiger partial charge in [-0.05, 0) is 31.0 Å². The first-order chi connectivity index (χ1) is 53.6. The Kier molecular flexibility index (Phi) is 38.2. The second-order valence-electron chi connectivity index (χ2n) is 26.2. The molecule has 2 aromatic heterocycles. The van der Waals surface area contributed by atoms with Crippen molar-refractivity contribution in [1.29, 1.82) is 0 Å². The topological polar surface area (TPSA) is 617 Å². The van der Waals surface area contributed by atoms with E-state index in [4.69, 9.17) is 37.9 Å². The maximum absolute atomic E-state index is 13.8. The summed E-state index contributed by atoms with van der Waals surface area (Å²) in [6.07, 6.45) is -9.69. The number of amides is 9. The lowest BCUT2D eigenvalue weighted by atomic mass is 9.90. The number of aliphatic hydroxyl groups is 8. The van der Waals surface area contributed by atoms with Crippen molar-refractivity contribution in [1.82, 2.24) is 72.5 Å². The van der Waals surface area contributed by atoms with Gasteiger partial charge in [-0.2, -0.15) is 11.8 Å². The van der Waals surface area contributed by atoms with Crippen LogP contribution in [0.15, 0.2) is 30.6 Å². The molecule has 0 spiro atoms. The maximum atomic E-state index is 13.8. The predicted octanol–water partition coefficient (Wildman–Crippen LogP) is -6.51. The lowest BCUT2D eigenvalue weighted by Crippen LogP contribution is -2.66. The van der Waals surface area contributed by atoms with E-state index in [9.17, 15) is 99.0 Å². The molecule has 0 aliphatic carbocycles. The molecule has 4 aliphatic heterocycles. The number of hydrogen-bond acceptors (Lipinski definition) is 33. The fourth-order valence-electron chi connectivity index (χ4n) is 12.0. The fourth-order valence-corrected chi connectivity index (χ4v) is 15.7. The second-order valence-corrected chi connectivity index (χ2v) is 29.9. The number of aromatic nitrogens is 6. The zero-order valence-corrected chi connectivity index (χ0v) is 64.1. The molecule has 0 saturated carbocycles. The summed E-state index contributed by atoms with van der Waals surface area (Å²) in [5, 5.41) is 143. The van der Waals surface area contributed by atoms with Gasteiger partial charge < -0.3 is 137 Å². The number of urea groups is 1. The molecule has 626 valence electrons. The third-order valence-electron chi connectivity index (χ3n) is 17.7. The van der Waals surface area contributed by atoms with Gasteiger partial charge in [0.25, 0.3) is 11.8 Å². The number of carbonyl (C=O) groups is 10. The summed E-state index contributed by atoms with van der Waals surface area (Å²) < 4.78 is 47.8. The number of ether oxygens (including phenoxy) is 8. The quantitative estimate of drug-likeness (QED) is 0.0185. The lowest BCUT2D eigenvalue weighted by molar-refractivity contribution is -0.205. The number of benzene rings is 1. The first kappa shape index (κ1) is 91.6. The van der Waals surface area contributed by atoms with E-state index in [1.54, 1.807) is 24.2 Å². The third-order valence-corrected chi connectivity index (χ3v) is 21.8. The first-order valence-corrected chi connectivity index (χ1v) is 39.1. The minimum Gasteiger partial charge on any atom is -0.478 e. The highest BCUT2D eigenvalue weighted by molar-refractivity contribution is 8.02.